The van der Waals surface area contributed by atoms with Gasteiger partial charge in [0.15, 0.2) is 0 Å². The summed E-state index contributed by atoms with van der Waals surface area (Å²) in [6, 6.07) is 73.6. The van der Waals surface area contributed by atoms with Crippen LogP contribution in [0.2, 0.25) is 0 Å². The van der Waals surface area contributed by atoms with Crippen LogP contribution in [0.1, 0.15) is 33.6 Å². The summed E-state index contributed by atoms with van der Waals surface area (Å²) in [5.41, 5.74) is 14.1. The molecule has 13 rings (SSSR count). The van der Waals surface area contributed by atoms with Crippen LogP contribution in [0.25, 0.3) is 76.9 Å². The van der Waals surface area contributed by atoms with E-state index in [1.54, 1.807) is 0 Å². The van der Waals surface area contributed by atoms with Crippen LogP contribution in [0, 0.1) is 0 Å². The zero-order chi connectivity index (χ0) is 39.4. The fraction of sp³-hybridized carbons (Fsp3) is 0.0357. The second-order valence-electron chi connectivity index (χ2n) is 16.0. The molecule has 0 fully saturated rings. The third kappa shape index (κ3) is 4.91. The maximum atomic E-state index is 6.07. The van der Waals surface area contributed by atoms with Gasteiger partial charge in [0.25, 0.3) is 0 Å². The van der Waals surface area contributed by atoms with Crippen molar-refractivity contribution in [3.05, 3.63) is 251 Å². The zero-order valence-electron chi connectivity index (χ0n) is 32.7. The number of rotatable bonds is 0. The van der Waals surface area contributed by atoms with E-state index < -0.39 is 11.1 Å². The molecule has 0 saturated heterocycles. The molecular weight excluding hydrogens is 924 g/mol. The summed E-state index contributed by atoms with van der Waals surface area (Å²) in [5.74, 6) is 0. The van der Waals surface area contributed by atoms with Gasteiger partial charge in [-0.05, 0) is 113 Å². The van der Waals surface area contributed by atoms with E-state index in [4.69, 9.17) is 20.6 Å². The molecule has 0 unspecified atom stereocenters. The molecule has 61 heavy (non-hydrogen) atoms. The van der Waals surface area contributed by atoms with Crippen LogP contribution in [0.15, 0.2) is 206 Å². The first-order valence-electron chi connectivity index (χ1n) is 20.6. The number of fused-ring (bicyclic) bond motifs is 24. The predicted octanol–water partition coefficient (Wildman–Crippen LogP) is 14.4. The molecule has 288 valence electrons. The maximum Gasteiger partial charge on any atom is 2.00 e. The normalized spacial score (nSPS) is 14.3. The van der Waals surface area contributed by atoms with Crippen molar-refractivity contribution in [1.29, 1.82) is 0 Å². The van der Waals surface area contributed by atoms with Gasteiger partial charge >= 0.3 is 21.1 Å². The second kappa shape index (κ2) is 13.4. The van der Waals surface area contributed by atoms with Crippen molar-refractivity contribution in [3.8, 4) is 44.8 Å². The van der Waals surface area contributed by atoms with E-state index in [1.165, 1.54) is 0 Å². The average Bonchev–Trinajstić information content (AvgIpc) is 3.76. The van der Waals surface area contributed by atoms with Gasteiger partial charge in [0, 0.05) is 11.4 Å². The van der Waals surface area contributed by atoms with E-state index in [1.807, 2.05) is 0 Å². The van der Waals surface area contributed by atoms with E-state index in [-0.39, 0.29) is 21.1 Å². The monoisotopic (exact) mass is 957 g/mol. The molecule has 0 radical (unpaired) electrons. The first kappa shape index (κ1) is 35.8. The molecule has 3 aliphatic rings. The Morgan fingerprint density at radius 2 is 0.656 bits per heavy atom. The molecule has 0 saturated carbocycles. The third-order valence-electron chi connectivity index (χ3n) is 13.0. The Balaban J connectivity index is 0.00000399. The second-order valence-corrected chi connectivity index (χ2v) is 16.0. The minimum Gasteiger partial charge on any atom is -0.666 e. The first-order valence-corrected chi connectivity index (χ1v) is 20.6. The summed E-state index contributed by atoms with van der Waals surface area (Å²) in [6.45, 7) is 0. The molecule has 2 aliphatic carbocycles. The molecule has 2 aromatic heterocycles. The number of pyridine rings is 2. The van der Waals surface area contributed by atoms with Crippen LogP contribution >= 0.6 is 0 Å². The fourth-order valence-electron chi connectivity index (χ4n) is 10.5. The van der Waals surface area contributed by atoms with Crippen molar-refractivity contribution < 1.29 is 21.1 Å². The summed E-state index contributed by atoms with van der Waals surface area (Å²) in [4.78, 5) is 11.6. The first-order chi connectivity index (χ1) is 29.7. The SMILES string of the molecule is [Pt+2].c1cc2nc(c1)C1([N-]c3ccc4ccccc4c3-c3cccc(n3)C3([N-]c4ccc5ccccc5c4-2)c2ccccc2-c2ccccc23)c2ccccc2-c2ccccc21. The van der Waals surface area contributed by atoms with E-state index in [0.717, 1.165) is 111 Å². The molecule has 8 aromatic carbocycles. The van der Waals surface area contributed by atoms with Crippen LogP contribution in [0.3, 0.4) is 0 Å². The molecule has 0 amide bonds. The molecule has 4 nitrogen and oxygen atoms in total. The topological polar surface area (TPSA) is 54.0 Å². The van der Waals surface area contributed by atoms with E-state index in [2.05, 4.69) is 206 Å². The summed E-state index contributed by atoms with van der Waals surface area (Å²) < 4.78 is 0. The summed E-state index contributed by atoms with van der Waals surface area (Å²) in [7, 11) is 0. The fourth-order valence-corrected chi connectivity index (χ4v) is 10.5. The Morgan fingerprint density at radius 3 is 1.05 bits per heavy atom. The predicted molar refractivity (Wildman–Crippen MR) is 244 cm³/mol. The number of aromatic nitrogens is 2. The van der Waals surface area contributed by atoms with Crippen molar-refractivity contribution in [1.82, 2.24) is 9.97 Å². The molecule has 3 heterocycles. The summed E-state index contributed by atoms with van der Waals surface area (Å²) in [5, 5.41) is 16.6. The van der Waals surface area contributed by atoms with Crippen LogP contribution in [-0.4, -0.2) is 9.97 Å². The molecule has 10 aromatic rings. The van der Waals surface area contributed by atoms with Gasteiger partial charge in [-0.1, -0.05) is 182 Å². The van der Waals surface area contributed by atoms with E-state index in [9.17, 15) is 0 Å². The number of hydrogen-bond donors (Lipinski definition) is 0. The minimum absolute atomic E-state index is 0. The maximum absolute atomic E-state index is 6.07. The third-order valence-corrected chi connectivity index (χ3v) is 13.0. The van der Waals surface area contributed by atoms with Gasteiger partial charge in [0.1, 0.15) is 0 Å². The minimum atomic E-state index is -0.978. The van der Waals surface area contributed by atoms with Gasteiger partial charge in [0.05, 0.1) is 11.4 Å². The standard InChI is InChI=1S/C56H34N4.Pt/c1-3-17-37-35(15-1)31-33-49-53(37)47-27-13-29-51(57-47)56(45-25-11-7-21-41(45)42-22-8-12-26-46(42)56)60-50-34-32-36-16-2-4-18-38(36)54(50)48-28-14-30-52(58-48)55(59-49)43-23-9-5-19-39(43)40-20-6-10-24-44(40)55;/h1-34H;/q-2;+2. The van der Waals surface area contributed by atoms with Gasteiger partial charge in [0.2, 0.25) is 0 Å². The molecular formula is C56H34N4Pt. The van der Waals surface area contributed by atoms with Crippen molar-refractivity contribution in [2.24, 2.45) is 0 Å². The summed E-state index contributed by atoms with van der Waals surface area (Å²) >= 11 is 0. The van der Waals surface area contributed by atoms with Crippen molar-refractivity contribution in [2.45, 2.75) is 11.1 Å². The molecule has 1 aliphatic heterocycles. The molecule has 0 atom stereocenters. The number of hydrogen-bond acceptors (Lipinski definition) is 2. The Labute approximate surface area is 368 Å². The van der Waals surface area contributed by atoms with Crippen LogP contribution in [-0.2, 0) is 32.1 Å². The number of nitrogens with zero attached hydrogens (tertiary/aromatic N) is 4. The molecule has 4 bridgehead atoms. The Bertz CT molecular complexity index is 3110. The van der Waals surface area contributed by atoms with Crippen LogP contribution in [0.5, 0.6) is 0 Å². The van der Waals surface area contributed by atoms with Crippen molar-refractivity contribution in [3.63, 3.8) is 0 Å². The van der Waals surface area contributed by atoms with Gasteiger partial charge < -0.3 is 10.6 Å². The molecule has 0 N–H and O–H groups in total. The zero-order valence-corrected chi connectivity index (χ0v) is 35.0. The van der Waals surface area contributed by atoms with Crippen molar-refractivity contribution >= 4 is 32.9 Å². The van der Waals surface area contributed by atoms with Crippen LogP contribution in [0.4, 0.5) is 11.4 Å². The van der Waals surface area contributed by atoms with Gasteiger partial charge in [-0.25, -0.2) is 0 Å². The largest absolute Gasteiger partial charge is 2.00 e. The Morgan fingerprint density at radius 1 is 0.311 bits per heavy atom. The molecule has 5 heteroatoms. The van der Waals surface area contributed by atoms with E-state index in [0.29, 0.717) is 0 Å². The van der Waals surface area contributed by atoms with Gasteiger partial charge in [-0.2, -0.15) is 0 Å². The average molecular weight is 958 g/mol. The van der Waals surface area contributed by atoms with Crippen molar-refractivity contribution in [2.75, 3.05) is 0 Å². The van der Waals surface area contributed by atoms with Crippen LogP contribution < -0.4 is 0 Å². The Kier molecular flexibility index (Phi) is 7.88. The van der Waals surface area contributed by atoms with Gasteiger partial charge in [-0.15, -0.1) is 11.4 Å². The van der Waals surface area contributed by atoms with E-state index >= 15 is 0 Å². The quantitative estimate of drug-likeness (QED) is 0.152. The number of benzene rings is 8. The summed E-state index contributed by atoms with van der Waals surface area (Å²) in [6.07, 6.45) is 0. The van der Waals surface area contributed by atoms with Gasteiger partial charge in [-0.3, -0.25) is 9.97 Å². The molecule has 2 spiro atoms. The smallest absolute Gasteiger partial charge is 0.666 e. The Hall–Kier alpha value is -7.13.